The average molecular weight is 295 g/mol. The lowest BCUT2D eigenvalue weighted by molar-refractivity contribution is 0.406. The van der Waals surface area contributed by atoms with E-state index in [9.17, 15) is 13.2 Å². The third-order valence-electron chi connectivity index (χ3n) is 3.35. The maximum absolute atomic E-state index is 12.1. The molecule has 108 valence electrons. The Morgan fingerprint density at radius 2 is 1.85 bits per heavy atom. The fraction of sp³-hybridized carbons (Fsp3) is 0.462. The van der Waals surface area contributed by atoms with Gasteiger partial charge < -0.3 is 0 Å². The molecule has 20 heavy (non-hydrogen) atoms. The first-order valence-electron chi connectivity index (χ1n) is 6.30. The van der Waals surface area contributed by atoms with Gasteiger partial charge in [-0.3, -0.25) is 9.36 Å². The molecule has 0 saturated heterocycles. The van der Waals surface area contributed by atoms with E-state index in [4.69, 9.17) is 0 Å². The number of aromatic nitrogens is 3. The summed E-state index contributed by atoms with van der Waals surface area (Å²) in [7, 11) is -3.51. The van der Waals surface area contributed by atoms with Gasteiger partial charge in [0.25, 0.3) is 5.56 Å². The van der Waals surface area contributed by atoms with Gasteiger partial charge in [0.1, 0.15) is 5.65 Å². The summed E-state index contributed by atoms with van der Waals surface area (Å²) in [5.41, 5.74) is 0.158. The van der Waals surface area contributed by atoms with Gasteiger partial charge in [-0.05, 0) is 18.9 Å². The van der Waals surface area contributed by atoms with E-state index >= 15 is 0 Å². The van der Waals surface area contributed by atoms with Gasteiger partial charge in [0.15, 0.2) is 0 Å². The lowest BCUT2D eigenvalue weighted by Crippen LogP contribution is -2.26. The summed E-state index contributed by atoms with van der Waals surface area (Å²) in [5, 5.41) is 0.379. The molecular weight excluding hydrogens is 278 g/mol. The van der Waals surface area contributed by atoms with E-state index in [0.717, 1.165) is 6.26 Å². The normalized spacial score (nSPS) is 13.8. The molecule has 0 fully saturated rings. The van der Waals surface area contributed by atoms with Crippen molar-refractivity contribution in [2.45, 2.75) is 32.0 Å². The van der Waals surface area contributed by atoms with Crippen LogP contribution in [0.4, 0.5) is 0 Å². The van der Waals surface area contributed by atoms with Crippen LogP contribution in [0.3, 0.4) is 0 Å². The fourth-order valence-corrected chi connectivity index (χ4v) is 2.39. The van der Waals surface area contributed by atoms with E-state index < -0.39 is 9.84 Å². The highest BCUT2D eigenvalue weighted by molar-refractivity contribution is 7.90. The minimum absolute atomic E-state index is 0.0893. The number of fused-ring (bicyclic) bond motifs is 1. The number of pyridine rings is 1. The monoisotopic (exact) mass is 295 g/mol. The molecule has 6 nitrogen and oxygen atoms in total. The van der Waals surface area contributed by atoms with E-state index in [-0.39, 0.29) is 22.7 Å². The van der Waals surface area contributed by atoms with Crippen LogP contribution in [0.25, 0.3) is 11.0 Å². The Hall–Kier alpha value is -1.76. The molecule has 0 amide bonds. The Balaban J connectivity index is 2.85. The molecule has 7 heteroatoms. The second-order valence-corrected chi connectivity index (χ2v) is 7.14. The zero-order valence-corrected chi connectivity index (χ0v) is 12.7. The minimum Gasteiger partial charge on any atom is -0.289 e. The molecule has 0 aliphatic heterocycles. The molecule has 0 N–H and O–H groups in total. The van der Waals surface area contributed by atoms with Gasteiger partial charge in [-0.2, -0.15) is 4.98 Å². The molecule has 0 saturated carbocycles. The van der Waals surface area contributed by atoms with Crippen molar-refractivity contribution >= 4 is 20.9 Å². The lowest BCUT2D eigenvalue weighted by Gasteiger charge is -2.20. The Kier molecular flexibility index (Phi) is 3.64. The zero-order valence-electron chi connectivity index (χ0n) is 11.9. The van der Waals surface area contributed by atoms with Gasteiger partial charge >= 0.3 is 0 Å². The second-order valence-electron chi connectivity index (χ2n) is 5.23. The Bertz CT molecular complexity index is 809. The van der Waals surface area contributed by atoms with E-state index in [1.807, 2.05) is 20.8 Å². The van der Waals surface area contributed by atoms with E-state index in [1.165, 1.54) is 16.8 Å². The molecule has 1 atom stereocenters. The van der Waals surface area contributed by atoms with Crippen molar-refractivity contribution in [3.8, 4) is 0 Å². The van der Waals surface area contributed by atoms with Crippen LogP contribution in [0.1, 0.15) is 26.8 Å². The van der Waals surface area contributed by atoms with Crippen LogP contribution in [0, 0.1) is 5.92 Å². The standard InChI is InChI=1S/C13H17N3O3S/c1-8(2)9(3)16-11(17)6-5-10-7-14-13(15-12(10)16)20(4,18)19/h5-9H,1-4H3. The maximum Gasteiger partial charge on any atom is 0.252 e. The Labute approximate surface area is 117 Å². The van der Waals surface area contributed by atoms with Crippen LogP contribution in [0.5, 0.6) is 0 Å². The third kappa shape index (κ3) is 2.58. The van der Waals surface area contributed by atoms with Crippen LogP contribution in [-0.4, -0.2) is 29.2 Å². The SMILES string of the molecule is CC(C)C(C)n1c(=O)ccc2cnc(S(C)(=O)=O)nc21. The molecule has 2 aromatic heterocycles. The van der Waals surface area contributed by atoms with Crippen LogP contribution in [-0.2, 0) is 9.84 Å². The Morgan fingerprint density at radius 1 is 1.20 bits per heavy atom. The second kappa shape index (κ2) is 4.97. The van der Waals surface area contributed by atoms with Gasteiger partial charge in [0.2, 0.25) is 15.0 Å². The van der Waals surface area contributed by atoms with E-state index in [2.05, 4.69) is 9.97 Å². The van der Waals surface area contributed by atoms with Gasteiger partial charge in [-0.25, -0.2) is 13.4 Å². The highest BCUT2D eigenvalue weighted by atomic mass is 32.2. The van der Waals surface area contributed by atoms with Gasteiger partial charge in [0, 0.05) is 29.9 Å². The first-order chi connectivity index (χ1) is 9.21. The summed E-state index contributed by atoms with van der Waals surface area (Å²) in [5.74, 6) is 0.218. The summed E-state index contributed by atoms with van der Waals surface area (Å²) >= 11 is 0. The molecule has 0 aromatic carbocycles. The summed E-state index contributed by atoms with van der Waals surface area (Å²) in [6.45, 7) is 5.90. The van der Waals surface area contributed by atoms with Crippen molar-refractivity contribution in [3.05, 3.63) is 28.7 Å². The number of hydrogen-bond donors (Lipinski definition) is 0. The quantitative estimate of drug-likeness (QED) is 0.800. The first-order valence-corrected chi connectivity index (χ1v) is 8.19. The topological polar surface area (TPSA) is 81.9 Å². The van der Waals surface area contributed by atoms with Crippen LogP contribution < -0.4 is 5.56 Å². The van der Waals surface area contributed by atoms with Gasteiger partial charge in [0.05, 0.1) is 0 Å². The van der Waals surface area contributed by atoms with Crippen molar-refractivity contribution in [3.63, 3.8) is 0 Å². The summed E-state index contributed by atoms with van der Waals surface area (Å²) in [6, 6.07) is 2.96. The van der Waals surface area contributed by atoms with Gasteiger partial charge in [-0.15, -0.1) is 0 Å². The number of sulfone groups is 1. The fourth-order valence-electron chi connectivity index (χ4n) is 1.89. The molecule has 0 bridgehead atoms. The first kappa shape index (κ1) is 14.6. The third-order valence-corrected chi connectivity index (χ3v) is 4.21. The van der Waals surface area contributed by atoms with Crippen molar-refractivity contribution < 1.29 is 8.42 Å². The van der Waals surface area contributed by atoms with Gasteiger partial charge in [-0.1, -0.05) is 13.8 Å². The molecule has 2 rings (SSSR count). The number of hydrogen-bond acceptors (Lipinski definition) is 5. The zero-order chi connectivity index (χ0) is 15.1. The minimum atomic E-state index is -3.51. The summed E-state index contributed by atoms with van der Waals surface area (Å²) in [4.78, 5) is 20.0. The smallest absolute Gasteiger partial charge is 0.252 e. The molecule has 0 spiro atoms. The predicted octanol–water partition coefficient (Wildman–Crippen LogP) is 1.41. The van der Waals surface area contributed by atoms with E-state index in [1.54, 1.807) is 6.07 Å². The molecule has 0 aliphatic rings. The molecule has 1 unspecified atom stereocenters. The van der Waals surface area contributed by atoms with Crippen molar-refractivity contribution in [1.29, 1.82) is 0 Å². The van der Waals surface area contributed by atoms with Crippen LogP contribution in [0.15, 0.2) is 28.3 Å². The van der Waals surface area contributed by atoms with Crippen LogP contribution in [0.2, 0.25) is 0 Å². The maximum atomic E-state index is 12.1. The summed E-state index contributed by atoms with van der Waals surface area (Å²) in [6.07, 6.45) is 2.48. The van der Waals surface area contributed by atoms with E-state index in [0.29, 0.717) is 11.0 Å². The van der Waals surface area contributed by atoms with Crippen LogP contribution >= 0.6 is 0 Å². The predicted molar refractivity (Wildman–Crippen MR) is 76.5 cm³/mol. The van der Waals surface area contributed by atoms with Crippen molar-refractivity contribution in [1.82, 2.24) is 14.5 Å². The molecule has 2 aromatic rings. The number of rotatable bonds is 3. The molecular formula is C13H17N3O3S. The molecule has 0 radical (unpaired) electrons. The number of nitrogens with zero attached hydrogens (tertiary/aromatic N) is 3. The molecule has 2 heterocycles. The highest BCUT2D eigenvalue weighted by Crippen LogP contribution is 2.20. The van der Waals surface area contributed by atoms with Crippen molar-refractivity contribution in [2.24, 2.45) is 5.92 Å². The summed E-state index contributed by atoms with van der Waals surface area (Å²) < 4.78 is 24.7. The lowest BCUT2D eigenvalue weighted by atomic mass is 10.1. The van der Waals surface area contributed by atoms with Crippen molar-refractivity contribution in [2.75, 3.05) is 6.26 Å². The largest absolute Gasteiger partial charge is 0.289 e. The Morgan fingerprint density at radius 3 is 2.40 bits per heavy atom. The molecule has 0 aliphatic carbocycles. The average Bonchev–Trinajstić information content (AvgIpc) is 2.36. The highest BCUT2D eigenvalue weighted by Gasteiger charge is 2.18.